The van der Waals surface area contributed by atoms with Crippen molar-refractivity contribution in [3.63, 3.8) is 0 Å². The van der Waals surface area contributed by atoms with Crippen LogP contribution in [0.2, 0.25) is 0 Å². The highest BCUT2D eigenvalue weighted by Gasteiger charge is 2.27. The number of ether oxygens (including phenoxy) is 1. The summed E-state index contributed by atoms with van der Waals surface area (Å²) in [6.07, 6.45) is 1.47. The van der Waals surface area contributed by atoms with Crippen LogP contribution in [-0.4, -0.2) is 67.5 Å². The van der Waals surface area contributed by atoms with Gasteiger partial charge in [0.05, 0.1) is 12.8 Å². The average molecular weight is 485 g/mol. The highest BCUT2D eigenvalue weighted by Crippen LogP contribution is 2.28. The highest BCUT2D eigenvalue weighted by atomic mass is 32.2. The van der Waals surface area contributed by atoms with Gasteiger partial charge in [-0.25, -0.2) is 8.42 Å². The number of nitrogens with one attached hydrogen (secondary N) is 1. The van der Waals surface area contributed by atoms with E-state index < -0.39 is 10.0 Å². The monoisotopic (exact) mass is 484 g/mol. The van der Waals surface area contributed by atoms with Gasteiger partial charge >= 0.3 is 0 Å². The Hall–Kier alpha value is -3.17. The number of aryl methyl sites for hydroxylation is 1. The molecule has 0 radical (unpaired) electrons. The second kappa shape index (κ2) is 11.3. The number of aromatic nitrogens is 2. The number of sulfonamides is 1. The first-order valence-corrected chi connectivity index (χ1v) is 12.8. The van der Waals surface area contributed by atoms with E-state index in [9.17, 15) is 13.2 Å². The lowest BCUT2D eigenvalue weighted by atomic mass is 10.1. The zero-order valence-electron chi connectivity index (χ0n) is 20.1. The number of hydrogen-bond acceptors (Lipinski definition) is 5. The van der Waals surface area contributed by atoms with Crippen LogP contribution in [0.1, 0.15) is 36.3 Å². The van der Waals surface area contributed by atoms with Crippen LogP contribution in [0, 0.1) is 0 Å². The minimum Gasteiger partial charge on any atom is -0.495 e. The van der Waals surface area contributed by atoms with Crippen LogP contribution < -0.4 is 4.74 Å². The summed E-state index contributed by atoms with van der Waals surface area (Å²) in [5.41, 5.74) is 3.24. The second-order valence-electron chi connectivity index (χ2n) is 7.93. The smallest absolute Gasteiger partial charge is 0.253 e. The van der Waals surface area contributed by atoms with E-state index in [2.05, 4.69) is 10.2 Å². The zero-order valence-corrected chi connectivity index (χ0v) is 20.9. The Morgan fingerprint density at radius 2 is 1.76 bits per heavy atom. The molecule has 3 rings (SSSR count). The molecule has 182 valence electrons. The van der Waals surface area contributed by atoms with Gasteiger partial charge in [0.15, 0.2) is 0 Å². The molecule has 0 bridgehead atoms. The fourth-order valence-electron chi connectivity index (χ4n) is 3.79. The van der Waals surface area contributed by atoms with Crippen molar-refractivity contribution in [3.05, 3.63) is 65.9 Å². The van der Waals surface area contributed by atoms with Crippen molar-refractivity contribution >= 4 is 15.9 Å². The van der Waals surface area contributed by atoms with E-state index in [0.717, 1.165) is 29.8 Å². The van der Waals surface area contributed by atoms with Gasteiger partial charge in [-0.2, -0.15) is 9.40 Å². The Morgan fingerprint density at radius 1 is 1.06 bits per heavy atom. The topological polar surface area (TPSA) is 95.6 Å². The molecule has 0 aliphatic heterocycles. The van der Waals surface area contributed by atoms with Crippen LogP contribution in [0.5, 0.6) is 5.75 Å². The zero-order chi connectivity index (χ0) is 24.7. The first kappa shape index (κ1) is 25.5. The Labute approximate surface area is 201 Å². The van der Waals surface area contributed by atoms with Crippen molar-refractivity contribution in [1.29, 1.82) is 0 Å². The predicted octanol–water partition coefficient (Wildman–Crippen LogP) is 3.82. The molecule has 0 saturated carbocycles. The van der Waals surface area contributed by atoms with Gasteiger partial charge in [-0.15, -0.1) is 0 Å². The Bertz CT molecular complexity index is 1200. The van der Waals surface area contributed by atoms with Crippen molar-refractivity contribution < 1.29 is 17.9 Å². The first-order chi connectivity index (χ1) is 16.3. The van der Waals surface area contributed by atoms with Gasteiger partial charge in [0.2, 0.25) is 10.0 Å². The number of methoxy groups -OCH3 is 1. The summed E-state index contributed by atoms with van der Waals surface area (Å²) in [6, 6.07) is 16.5. The molecule has 1 amide bonds. The molecule has 1 heterocycles. The van der Waals surface area contributed by atoms with Crippen molar-refractivity contribution in [2.45, 2.75) is 31.6 Å². The third kappa shape index (κ3) is 5.66. The number of hydrogen-bond donors (Lipinski definition) is 1. The standard InChI is InChI=1S/C25H32N4O4S/c1-5-29(6-2)34(31,32)24-17-20(14-15-23(24)33-4)25(30)28(3)16-10-13-21-18-22(27-26-21)19-11-8-7-9-12-19/h7-9,11-12,14-15,17-18H,5-6,10,13,16H2,1-4H3,(H,26,27). The number of H-pyrrole nitrogens is 1. The number of rotatable bonds is 11. The van der Waals surface area contributed by atoms with Crippen LogP contribution in [0.15, 0.2) is 59.5 Å². The molecule has 0 fully saturated rings. The van der Waals surface area contributed by atoms with Crippen LogP contribution in [0.4, 0.5) is 0 Å². The molecule has 1 N–H and O–H groups in total. The number of amides is 1. The van der Waals surface area contributed by atoms with Gasteiger partial charge in [0, 0.05) is 43.5 Å². The number of nitrogens with zero attached hydrogens (tertiary/aromatic N) is 3. The lowest BCUT2D eigenvalue weighted by molar-refractivity contribution is 0.0793. The number of aromatic amines is 1. The molecule has 1 aromatic heterocycles. The maximum absolute atomic E-state index is 13.1. The van der Waals surface area contributed by atoms with E-state index in [1.54, 1.807) is 31.9 Å². The predicted molar refractivity (Wildman–Crippen MR) is 132 cm³/mol. The van der Waals surface area contributed by atoms with Gasteiger partial charge in [-0.1, -0.05) is 44.2 Å². The molecular weight excluding hydrogens is 452 g/mol. The molecular formula is C25H32N4O4S. The Morgan fingerprint density at radius 3 is 2.41 bits per heavy atom. The molecule has 0 aliphatic carbocycles. The second-order valence-corrected chi connectivity index (χ2v) is 9.84. The van der Waals surface area contributed by atoms with Gasteiger partial charge in [-0.3, -0.25) is 9.89 Å². The molecule has 8 nitrogen and oxygen atoms in total. The van der Waals surface area contributed by atoms with Gasteiger partial charge in [-0.05, 0) is 37.1 Å². The van der Waals surface area contributed by atoms with Gasteiger partial charge < -0.3 is 9.64 Å². The largest absolute Gasteiger partial charge is 0.495 e. The summed E-state index contributed by atoms with van der Waals surface area (Å²) in [7, 11) is -0.637. The molecule has 9 heteroatoms. The molecule has 0 atom stereocenters. The molecule has 0 saturated heterocycles. The van der Waals surface area contributed by atoms with Crippen LogP contribution in [0.25, 0.3) is 11.3 Å². The highest BCUT2D eigenvalue weighted by molar-refractivity contribution is 7.89. The van der Waals surface area contributed by atoms with E-state index in [1.165, 1.54) is 23.5 Å². The third-order valence-electron chi connectivity index (χ3n) is 5.72. The fraction of sp³-hybridized carbons (Fsp3) is 0.360. The fourth-order valence-corrected chi connectivity index (χ4v) is 5.43. The summed E-state index contributed by atoms with van der Waals surface area (Å²) in [6.45, 7) is 4.74. The summed E-state index contributed by atoms with van der Waals surface area (Å²) < 4.78 is 32.7. The van der Waals surface area contributed by atoms with Gasteiger partial charge in [0.25, 0.3) is 5.91 Å². The molecule has 2 aromatic carbocycles. The quantitative estimate of drug-likeness (QED) is 0.446. The maximum atomic E-state index is 13.1. The average Bonchev–Trinajstić information content (AvgIpc) is 3.33. The SMILES string of the molecule is CCN(CC)S(=O)(=O)c1cc(C(=O)N(C)CCCc2cc(-c3ccccc3)n[nH]2)ccc1OC. The summed E-state index contributed by atoms with van der Waals surface area (Å²) in [4.78, 5) is 14.6. The number of carbonyl (C=O) groups is 1. The lowest BCUT2D eigenvalue weighted by Crippen LogP contribution is -2.32. The summed E-state index contributed by atoms with van der Waals surface area (Å²) in [5, 5.41) is 7.42. The molecule has 3 aromatic rings. The molecule has 0 unspecified atom stereocenters. The van der Waals surface area contributed by atoms with Crippen LogP contribution in [-0.2, 0) is 16.4 Å². The third-order valence-corrected chi connectivity index (χ3v) is 7.79. The van der Waals surface area contributed by atoms with Gasteiger partial charge in [0.1, 0.15) is 10.6 Å². The summed E-state index contributed by atoms with van der Waals surface area (Å²) >= 11 is 0. The van der Waals surface area contributed by atoms with E-state index in [1.807, 2.05) is 36.4 Å². The number of benzene rings is 2. The summed E-state index contributed by atoms with van der Waals surface area (Å²) in [5.74, 6) is -0.0206. The molecule has 0 spiro atoms. The first-order valence-electron chi connectivity index (χ1n) is 11.3. The lowest BCUT2D eigenvalue weighted by Gasteiger charge is -2.21. The van der Waals surface area contributed by atoms with E-state index in [0.29, 0.717) is 25.2 Å². The number of carbonyl (C=O) groups excluding carboxylic acids is 1. The van der Waals surface area contributed by atoms with E-state index in [-0.39, 0.29) is 16.6 Å². The van der Waals surface area contributed by atoms with Crippen LogP contribution in [0.3, 0.4) is 0 Å². The van der Waals surface area contributed by atoms with E-state index >= 15 is 0 Å². The van der Waals surface area contributed by atoms with Crippen molar-refractivity contribution in [2.24, 2.45) is 0 Å². The molecule has 0 aliphatic rings. The maximum Gasteiger partial charge on any atom is 0.253 e. The Balaban J connectivity index is 1.67. The Kier molecular flexibility index (Phi) is 8.46. The van der Waals surface area contributed by atoms with Crippen molar-refractivity contribution in [1.82, 2.24) is 19.4 Å². The van der Waals surface area contributed by atoms with E-state index in [4.69, 9.17) is 4.74 Å². The minimum atomic E-state index is -3.77. The van der Waals surface area contributed by atoms with Crippen molar-refractivity contribution in [2.75, 3.05) is 33.8 Å². The van der Waals surface area contributed by atoms with Crippen LogP contribution >= 0.6 is 0 Å². The molecule has 34 heavy (non-hydrogen) atoms. The van der Waals surface area contributed by atoms with Crippen molar-refractivity contribution in [3.8, 4) is 17.0 Å². The normalized spacial score (nSPS) is 11.6. The minimum absolute atomic E-state index is 0.00357.